The van der Waals surface area contributed by atoms with E-state index in [0.717, 1.165) is 10.5 Å². The van der Waals surface area contributed by atoms with Crippen molar-refractivity contribution in [3.63, 3.8) is 0 Å². The van der Waals surface area contributed by atoms with E-state index in [1.807, 2.05) is 0 Å². The van der Waals surface area contributed by atoms with Crippen molar-refractivity contribution < 1.29 is 19.2 Å². The van der Waals surface area contributed by atoms with Crippen molar-refractivity contribution in [1.29, 1.82) is 0 Å². The van der Waals surface area contributed by atoms with Gasteiger partial charge in [0.25, 0.3) is 0 Å². The molecule has 0 atom stereocenters. The lowest BCUT2D eigenvalue weighted by Gasteiger charge is -2.13. The molecule has 1 aromatic heterocycles. The SMILES string of the molecule is CN(CC(=O)O)C(=O)CCc1nc(-c2ccc(Cl)cc2)no1. The third kappa shape index (κ3) is 4.29. The van der Waals surface area contributed by atoms with Crippen LogP contribution >= 0.6 is 11.6 Å². The van der Waals surface area contributed by atoms with Gasteiger partial charge in [0.05, 0.1) is 0 Å². The predicted molar refractivity (Wildman–Crippen MR) is 78.3 cm³/mol. The van der Waals surface area contributed by atoms with E-state index in [-0.39, 0.29) is 25.3 Å². The van der Waals surface area contributed by atoms with Crippen molar-refractivity contribution >= 4 is 23.5 Å². The highest BCUT2D eigenvalue weighted by Crippen LogP contribution is 2.19. The Morgan fingerprint density at radius 3 is 2.64 bits per heavy atom. The zero-order valence-corrected chi connectivity index (χ0v) is 12.6. The Bertz CT molecular complexity index is 669. The van der Waals surface area contributed by atoms with Gasteiger partial charge >= 0.3 is 5.97 Å². The first-order valence-corrected chi connectivity index (χ1v) is 6.88. The van der Waals surface area contributed by atoms with Crippen LogP contribution in [-0.2, 0) is 16.0 Å². The van der Waals surface area contributed by atoms with Crippen LogP contribution in [-0.4, -0.2) is 45.6 Å². The number of rotatable bonds is 6. The molecule has 1 heterocycles. The fourth-order valence-corrected chi connectivity index (χ4v) is 1.89. The summed E-state index contributed by atoms with van der Waals surface area (Å²) in [6, 6.07) is 6.97. The number of benzene rings is 1. The predicted octanol–water partition coefficient (Wildman–Crippen LogP) is 1.87. The highest BCUT2D eigenvalue weighted by Gasteiger charge is 2.14. The Labute approximate surface area is 131 Å². The van der Waals surface area contributed by atoms with Gasteiger partial charge < -0.3 is 14.5 Å². The van der Waals surface area contributed by atoms with E-state index in [0.29, 0.717) is 16.7 Å². The Balaban J connectivity index is 1.93. The molecule has 0 unspecified atom stereocenters. The van der Waals surface area contributed by atoms with Gasteiger partial charge in [0, 0.05) is 30.5 Å². The van der Waals surface area contributed by atoms with Crippen LogP contribution in [0.1, 0.15) is 12.3 Å². The van der Waals surface area contributed by atoms with Crippen molar-refractivity contribution in [2.24, 2.45) is 0 Å². The molecule has 8 heteroatoms. The largest absolute Gasteiger partial charge is 0.480 e. The number of amides is 1. The lowest BCUT2D eigenvalue weighted by Crippen LogP contribution is -2.32. The minimum Gasteiger partial charge on any atom is -0.480 e. The molecule has 2 rings (SSSR count). The summed E-state index contributed by atoms with van der Waals surface area (Å²) in [6.45, 7) is -0.335. The molecule has 0 fully saturated rings. The lowest BCUT2D eigenvalue weighted by atomic mass is 10.2. The van der Waals surface area contributed by atoms with Gasteiger partial charge in [-0.25, -0.2) is 0 Å². The number of carbonyl (C=O) groups excluding carboxylic acids is 1. The molecule has 7 nitrogen and oxygen atoms in total. The molecular formula is C14H14ClN3O4. The van der Waals surface area contributed by atoms with E-state index < -0.39 is 5.97 Å². The Morgan fingerprint density at radius 2 is 2.00 bits per heavy atom. The number of aryl methyl sites for hydroxylation is 1. The third-order valence-electron chi connectivity index (χ3n) is 2.92. The summed E-state index contributed by atoms with van der Waals surface area (Å²) in [5.41, 5.74) is 0.758. The standard InChI is InChI=1S/C14H14ClN3O4/c1-18(8-13(20)21)12(19)7-6-11-16-14(17-22-11)9-2-4-10(15)5-3-9/h2-5H,6-8H2,1H3,(H,20,21). The summed E-state index contributed by atoms with van der Waals surface area (Å²) in [6.07, 6.45) is 0.357. The maximum atomic E-state index is 11.7. The Morgan fingerprint density at radius 1 is 1.32 bits per heavy atom. The van der Waals surface area contributed by atoms with Crippen LogP contribution in [0.4, 0.5) is 0 Å². The fourth-order valence-electron chi connectivity index (χ4n) is 1.77. The monoisotopic (exact) mass is 323 g/mol. The smallest absolute Gasteiger partial charge is 0.323 e. The number of halogens is 1. The summed E-state index contributed by atoms with van der Waals surface area (Å²) in [5.74, 6) is -0.618. The van der Waals surface area contributed by atoms with Gasteiger partial charge in [-0.15, -0.1) is 0 Å². The number of carboxylic acids is 1. The number of aromatic nitrogens is 2. The molecule has 1 aromatic carbocycles. The van der Waals surface area contributed by atoms with E-state index in [4.69, 9.17) is 21.2 Å². The molecule has 22 heavy (non-hydrogen) atoms. The van der Waals surface area contributed by atoms with E-state index in [1.54, 1.807) is 24.3 Å². The molecule has 2 aromatic rings. The summed E-state index contributed by atoms with van der Waals surface area (Å²) in [4.78, 5) is 27.6. The van der Waals surface area contributed by atoms with Gasteiger partial charge in [0.1, 0.15) is 6.54 Å². The van der Waals surface area contributed by atoms with Gasteiger partial charge in [-0.2, -0.15) is 4.98 Å². The third-order valence-corrected chi connectivity index (χ3v) is 3.17. The lowest BCUT2D eigenvalue weighted by molar-refractivity contribution is -0.143. The van der Waals surface area contributed by atoms with Crippen LogP contribution in [0.25, 0.3) is 11.4 Å². The van der Waals surface area contributed by atoms with Crippen molar-refractivity contribution in [3.05, 3.63) is 35.2 Å². The molecule has 0 spiro atoms. The summed E-state index contributed by atoms with van der Waals surface area (Å²) >= 11 is 5.81. The van der Waals surface area contributed by atoms with Gasteiger partial charge in [0.15, 0.2) is 0 Å². The van der Waals surface area contributed by atoms with Crippen LogP contribution < -0.4 is 0 Å². The topological polar surface area (TPSA) is 96.5 Å². The number of aliphatic carboxylic acids is 1. The molecule has 1 amide bonds. The van der Waals surface area contributed by atoms with Crippen LogP contribution in [0.3, 0.4) is 0 Å². The van der Waals surface area contributed by atoms with E-state index in [1.165, 1.54) is 7.05 Å². The van der Waals surface area contributed by atoms with Gasteiger partial charge in [-0.3, -0.25) is 9.59 Å². The molecule has 0 radical (unpaired) electrons. The average Bonchev–Trinajstić information content (AvgIpc) is 2.93. The molecule has 0 aliphatic carbocycles. The van der Waals surface area contributed by atoms with Crippen LogP contribution in [0, 0.1) is 0 Å². The van der Waals surface area contributed by atoms with Crippen molar-refractivity contribution in [3.8, 4) is 11.4 Å². The van der Waals surface area contributed by atoms with Crippen molar-refractivity contribution in [1.82, 2.24) is 15.0 Å². The van der Waals surface area contributed by atoms with E-state index in [2.05, 4.69) is 10.1 Å². The average molecular weight is 324 g/mol. The van der Waals surface area contributed by atoms with Crippen LogP contribution in [0.5, 0.6) is 0 Å². The maximum absolute atomic E-state index is 11.7. The number of hydrogen-bond donors (Lipinski definition) is 1. The second kappa shape index (κ2) is 7.04. The molecule has 116 valence electrons. The zero-order chi connectivity index (χ0) is 16.1. The second-order valence-corrected chi connectivity index (χ2v) is 5.10. The highest BCUT2D eigenvalue weighted by atomic mass is 35.5. The summed E-state index contributed by atoms with van der Waals surface area (Å²) in [5, 5.41) is 13.1. The Kier molecular flexibility index (Phi) is 5.11. The first kappa shape index (κ1) is 16.0. The number of nitrogens with zero attached hydrogens (tertiary/aromatic N) is 3. The van der Waals surface area contributed by atoms with Gasteiger partial charge in [0.2, 0.25) is 17.6 Å². The highest BCUT2D eigenvalue weighted by molar-refractivity contribution is 6.30. The molecule has 0 saturated carbocycles. The quantitative estimate of drug-likeness (QED) is 0.871. The van der Waals surface area contributed by atoms with E-state index in [9.17, 15) is 9.59 Å². The normalized spacial score (nSPS) is 10.5. The van der Waals surface area contributed by atoms with Crippen molar-refractivity contribution in [2.75, 3.05) is 13.6 Å². The second-order valence-electron chi connectivity index (χ2n) is 4.66. The van der Waals surface area contributed by atoms with Gasteiger partial charge in [-0.1, -0.05) is 16.8 Å². The summed E-state index contributed by atoms with van der Waals surface area (Å²) < 4.78 is 5.08. The molecule has 1 N–H and O–H groups in total. The fraction of sp³-hybridized carbons (Fsp3) is 0.286. The summed E-state index contributed by atoms with van der Waals surface area (Å²) in [7, 11) is 1.43. The number of hydrogen-bond acceptors (Lipinski definition) is 5. The number of carbonyl (C=O) groups is 2. The molecule has 0 aliphatic rings. The molecule has 0 bridgehead atoms. The Hall–Kier alpha value is -2.41. The molecule has 0 aliphatic heterocycles. The first-order chi connectivity index (χ1) is 10.5. The maximum Gasteiger partial charge on any atom is 0.323 e. The van der Waals surface area contributed by atoms with E-state index >= 15 is 0 Å². The molecule has 0 saturated heterocycles. The van der Waals surface area contributed by atoms with Crippen LogP contribution in [0.15, 0.2) is 28.8 Å². The van der Waals surface area contributed by atoms with Gasteiger partial charge in [-0.05, 0) is 24.3 Å². The number of carboxylic acid groups (broad SMARTS) is 1. The number of likely N-dealkylation sites (N-methyl/N-ethyl adjacent to an activating group) is 1. The zero-order valence-electron chi connectivity index (χ0n) is 11.8. The first-order valence-electron chi connectivity index (χ1n) is 6.50. The van der Waals surface area contributed by atoms with Crippen molar-refractivity contribution in [2.45, 2.75) is 12.8 Å². The van der Waals surface area contributed by atoms with Crippen LogP contribution in [0.2, 0.25) is 5.02 Å². The minimum atomic E-state index is -1.06. The molecular weight excluding hydrogens is 310 g/mol. The minimum absolute atomic E-state index is 0.103.